The third-order valence-corrected chi connectivity index (χ3v) is 6.21. The largest absolute Gasteiger partial charge is 0.475 e. The molecule has 0 aliphatic carbocycles. The number of nitrogens with two attached hydrogens (primary N) is 1. The third kappa shape index (κ3) is 4.35. The molecule has 0 bridgehead atoms. The summed E-state index contributed by atoms with van der Waals surface area (Å²) in [7, 11) is 0. The van der Waals surface area contributed by atoms with Crippen molar-refractivity contribution in [2.24, 2.45) is 10.8 Å². The molecule has 0 saturated carbocycles. The van der Waals surface area contributed by atoms with Crippen LogP contribution in [0.2, 0.25) is 5.02 Å². The Morgan fingerprint density at radius 3 is 2.78 bits per heavy atom. The number of anilines is 1. The summed E-state index contributed by atoms with van der Waals surface area (Å²) in [5.74, 6) is 3.58. The molecule has 2 aromatic heterocycles. The number of carboxylic acids is 1. The Labute approximate surface area is 209 Å². The maximum Gasteiger partial charge on any atom is 0.371 e. The normalized spacial score (nSPS) is 14.8. The second-order valence-corrected chi connectivity index (χ2v) is 8.68. The van der Waals surface area contributed by atoms with Crippen molar-refractivity contribution >= 4 is 52.2 Å². The Bertz CT molecular complexity index is 1610. The number of hydrogen-bond acceptors (Lipinski definition) is 6. The van der Waals surface area contributed by atoms with Crippen molar-refractivity contribution in [2.75, 3.05) is 5.32 Å². The number of carbonyl (C=O) groups is 2. The molecule has 182 valence electrons. The highest BCUT2D eigenvalue weighted by molar-refractivity contribution is 6.31. The van der Waals surface area contributed by atoms with Crippen molar-refractivity contribution in [3.8, 4) is 11.1 Å². The first-order chi connectivity index (χ1) is 17.3. The maximum absolute atomic E-state index is 13.1. The number of hydrazine groups is 1. The monoisotopic (exact) mass is 505 g/mol. The lowest BCUT2D eigenvalue weighted by molar-refractivity contribution is -0.119. The molecular weight excluding hydrogens is 486 g/mol. The van der Waals surface area contributed by atoms with E-state index in [4.69, 9.17) is 27.0 Å². The van der Waals surface area contributed by atoms with Crippen LogP contribution in [0.5, 0.6) is 0 Å². The van der Waals surface area contributed by atoms with Gasteiger partial charge in [0.1, 0.15) is 18.0 Å². The fraction of sp³-hybridized carbons (Fsp3) is 0.120. The molecule has 1 aliphatic heterocycles. The van der Waals surface area contributed by atoms with Crippen LogP contribution in [-0.4, -0.2) is 27.9 Å². The van der Waals surface area contributed by atoms with Crippen LogP contribution in [0.3, 0.4) is 0 Å². The standard InChI is InChI=1S/C25H20ClN5O5/c26-15-1-4-19(28-12-29-27)18(11-15)13-8-17-3-5-20(31(17)23(32)10-13)24(33)30-16-2-6-21-14(7-16)9-22(36-21)25(34)35/h1-2,4,6-12,20H,3,5,27H2,(H,28,29)(H,30,33)(H,34,35)/t20-/m0/s1. The van der Waals surface area contributed by atoms with E-state index in [9.17, 15) is 14.4 Å². The van der Waals surface area contributed by atoms with Crippen molar-refractivity contribution in [1.29, 1.82) is 0 Å². The van der Waals surface area contributed by atoms with E-state index >= 15 is 0 Å². The molecule has 4 aromatic rings. The van der Waals surface area contributed by atoms with E-state index in [0.29, 0.717) is 51.3 Å². The number of carbonyl (C=O) groups excluding carboxylic acids is 1. The van der Waals surface area contributed by atoms with E-state index in [1.807, 2.05) is 6.07 Å². The first-order valence-corrected chi connectivity index (χ1v) is 11.3. The second-order valence-electron chi connectivity index (χ2n) is 8.24. The summed E-state index contributed by atoms with van der Waals surface area (Å²) in [6.07, 6.45) is 2.32. The Morgan fingerprint density at radius 1 is 1.17 bits per heavy atom. The molecule has 1 aliphatic rings. The maximum atomic E-state index is 13.1. The van der Waals surface area contributed by atoms with Crippen molar-refractivity contribution in [3.63, 3.8) is 0 Å². The van der Waals surface area contributed by atoms with Crippen LogP contribution in [0, 0.1) is 0 Å². The van der Waals surface area contributed by atoms with Gasteiger partial charge in [-0.25, -0.2) is 15.6 Å². The fourth-order valence-corrected chi connectivity index (χ4v) is 4.58. The van der Waals surface area contributed by atoms with Gasteiger partial charge in [-0.1, -0.05) is 11.6 Å². The summed E-state index contributed by atoms with van der Waals surface area (Å²) >= 11 is 6.19. The number of aryl methyl sites for hydroxylation is 1. The first kappa shape index (κ1) is 23.3. The Kier molecular flexibility index (Phi) is 6.05. The number of aromatic nitrogens is 1. The zero-order chi connectivity index (χ0) is 25.4. The number of furan rings is 1. The summed E-state index contributed by atoms with van der Waals surface area (Å²) in [5, 5.41) is 13.0. The fourth-order valence-electron chi connectivity index (χ4n) is 4.41. The van der Waals surface area contributed by atoms with Crippen LogP contribution in [0.4, 0.5) is 11.4 Å². The van der Waals surface area contributed by atoms with Gasteiger partial charge in [0.2, 0.25) is 11.7 Å². The molecule has 0 saturated heterocycles. The number of rotatable bonds is 6. The summed E-state index contributed by atoms with van der Waals surface area (Å²) in [4.78, 5) is 41.6. The minimum absolute atomic E-state index is 0.187. The lowest BCUT2D eigenvalue weighted by atomic mass is 10.0. The minimum atomic E-state index is -1.18. The van der Waals surface area contributed by atoms with Gasteiger partial charge in [0.25, 0.3) is 5.56 Å². The van der Waals surface area contributed by atoms with Crippen molar-refractivity contribution < 1.29 is 19.1 Å². The van der Waals surface area contributed by atoms with Gasteiger partial charge in [-0.2, -0.15) is 0 Å². The topological polar surface area (TPSA) is 152 Å². The molecule has 11 heteroatoms. The number of nitrogens with zero attached hydrogens (tertiary/aromatic N) is 2. The summed E-state index contributed by atoms with van der Waals surface area (Å²) in [5.41, 5.74) is 5.50. The molecule has 0 radical (unpaired) electrons. The average Bonchev–Trinajstić information content (AvgIpc) is 3.48. The highest BCUT2D eigenvalue weighted by Crippen LogP contribution is 2.35. The number of benzene rings is 2. The molecule has 1 atom stereocenters. The van der Waals surface area contributed by atoms with Crippen LogP contribution in [0.15, 0.2) is 68.8 Å². The Hall–Kier alpha value is -4.41. The number of amides is 1. The molecule has 0 unspecified atom stereocenters. The lowest BCUT2D eigenvalue weighted by Gasteiger charge is -2.16. The van der Waals surface area contributed by atoms with Crippen LogP contribution >= 0.6 is 11.6 Å². The first-order valence-electron chi connectivity index (χ1n) is 11.0. The number of nitrogens with one attached hydrogen (secondary N) is 2. The van der Waals surface area contributed by atoms with Gasteiger partial charge in [-0.15, -0.1) is 0 Å². The molecular formula is C25H20ClN5O5. The number of hydrogen-bond donors (Lipinski definition) is 4. The molecule has 5 N–H and O–H groups in total. The summed E-state index contributed by atoms with van der Waals surface area (Å²) < 4.78 is 6.74. The molecule has 36 heavy (non-hydrogen) atoms. The van der Waals surface area contributed by atoms with E-state index in [0.717, 1.165) is 5.69 Å². The number of pyridine rings is 1. The highest BCUT2D eigenvalue weighted by Gasteiger charge is 2.30. The van der Waals surface area contributed by atoms with Crippen LogP contribution in [-0.2, 0) is 11.2 Å². The number of carboxylic acid groups (broad SMARTS) is 1. The number of aliphatic imine (C=N–C) groups is 1. The molecule has 10 nitrogen and oxygen atoms in total. The van der Waals surface area contributed by atoms with Gasteiger partial charge >= 0.3 is 5.97 Å². The van der Waals surface area contributed by atoms with Gasteiger partial charge in [0, 0.05) is 33.4 Å². The zero-order valence-corrected chi connectivity index (χ0v) is 19.5. The van der Waals surface area contributed by atoms with Crippen LogP contribution in [0.1, 0.15) is 28.7 Å². The molecule has 0 fully saturated rings. The lowest BCUT2D eigenvalue weighted by Crippen LogP contribution is -2.31. The van der Waals surface area contributed by atoms with Crippen LogP contribution in [0.25, 0.3) is 22.1 Å². The second kappa shape index (κ2) is 9.33. The van der Waals surface area contributed by atoms with E-state index in [1.165, 1.54) is 23.0 Å². The predicted octanol–water partition coefficient (Wildman–Crippen LogP) is 3.86. The molecule has 2 aromatic carbocycles. The van der Waals surface area contributed by atoms with Crippen molar-refractivity contribution in [2.45, 2.75) is 18.9 Å². The molecule has 5 rings (SSSR count). The number of halogens is 1. The van der Waals surface area contributed by atoms with E-state index < -0.39 is 12.0 Å². The van der Waals surface area contributed by atoms with Gasteiger partial charge in [-0.3, -0.25) is 9.59 Å². The van der Waals surface area contributed by atoms with Gasteiger partial charge in [-0.05, 0) is 66.9 Å². The molecule has 1 amide bonds. The minimum Gasteiger partial charge on any atom is -0.475 e. The zero-order valence-electron chi connectivity index (χ0n) is 18.7. The molecule has 3 heterocycles. The summed E-state index contributed by atoms with van der Waals surface area (Å²) in [6, 6.07) is 14.0. The molecule has 0 spiro atoms. The quantitative estimate of drug-likeness (QED) is 0.134. The SMILES string of the molecule is NNC=Nc1ccc(Cl)cc1-c1cc2n(c(=O)c1)[C@H](C(=O)Nc1ccc3oc(C(=O)O)cc3c1)CC2. The Balaban J connectivity index is 1.43. The Morgan fingerprint density at radius 2 is 2.00 bits per heavy atom. The van der Waals surface area contributed by atoms with Crippen molar-refractivity contribution in [3.05, 3.63) is 81.4 Å². The average molecular weight is 506 g/mol. The van der Waals surface area contributed by atoms with Gasteiger partial charge < -0.3 is 24.8 Å². The van der Waals surface area contributed by atoms with Gasteiger partial charge in [0.05, 0.1) is 5.69 Å². The smallest absolute Gasteiger partial charge is 0.371 e. The third-order valence-electron chi connectivity index (χ3n) is 5.98. The van der Waals surface area contributed by atoms with Crippen molar-refractivity contribution in [1.82, 2.24) is 9.99 Å². The van der Waals surface area contributed by atoms with E-state index in [1.54, 1.807) is 36.4 Å². The van der Waals surface area contributed by atoms with E-state index in [2.05, 4.69) is 15.7 Å². The summed E-state index contributed by atoms with van der Waals surface area (Å²) in [6.45, 7) is 0. The number of fused-ring (bicyclic) bond motifs is 2. The van der Waals surface area contributed by atoms with Gasteiger partial charge in [0.15, 0.2) is 0 Å². The number of aromatic carboxylic acids is 1. The van der Waals surface area contributed by atoms with Crippen LogP contribution < -0.4 is 22.1 Å². The predicted molar refractivity (Wildman–Crippen MR) is 136 cm³/mol. The highest BCUT2D eigenvalue weighted by atomic mass is 35.5. The van der Waals surface area contributed by atoms with E-state index in [-0.39, 0.29) is 17.2 Å².